The predicted octanol–water partition coefficient (Wildman–Crippen LogP) is 2.87. The smallest absolute Gasteiger partial charge is 0.229 e. The number of carbonyl (C=O) groups excluding carboxylic acids is 1. The molecule has 0 radical (unpaired) electrons. The Morgan fingerprint density at radius 2 is 2.07 bits per heavy atom. The molecule has 146 valence electrons. The summed E-state index contributed by atoms with van der Waals surface area (Å²) in [4.78, 5) is 19.2. The zero-order valence-electron chi connectivity index (χ0n) is 16.1. The maximum atomic E-state index is 12.8. The van der Waals surface area contributed by atoms with Gasteiger partial charge in [0, 0.05) is 12.1 Å². The van der Waals surface area contributed by atoms with Gasteiger partial charge in [-0.3, -0.25) is 9.48 Å². The second-order valence-electron chi connectivity index (χ2n) is 7.09. The minimum Gasteiger partial charge on any atom is -0.441 e. The molecule has 1 amide bonds. The highest BCUT2D eigenvalue weighted by Gasteiger charge is 2.25. The number of oxazole rings is 1. The number of aliphatic hydroxyl groups excluding tert-OH is 1. The number of nitrogens with zero attached hydrogens (tertiary/aromatic N) is 4. The third-order valence-electron chi connectivity index (χ3n) is 5.13. The van der Waals surface area contributed by atoms with Crippen molar-refractivity contribution >= 4 is 5.91 Å². The molecule has 0 saturated carbocycles. The molecule has 4 rings (SSSR count). The molecule has 2 aromatic heterocycles. The van der Waals surface area contributed by atoms with E-state index in [0.717, 1.165) is 11.3 Å². The zero-order valence-corrected chi connectivity index (χ0v) is 16.1. The second-order valence-corrected chi connectivity index (χ2v) is 7.09. The summed E-state index contributed by atoms with van der Waals surface area (Å²) in [5, 5.41) is 14.5. The van der Waals surface area contributed by atoms with Crippen LogP contribution >= 0.6 is 0 Å². The molecule has 3 aromatic rings. The number of benzene rings is 1. The molecular weight excluding hydrogens is 356 g/mol. The van der Waals surface area contributed by atoms with Crippen molar-refractivity contribution in [1.82, 2.24) is 19.7 Å². The molecule has 3 heterocycles. The van der Waals surface area contributed by atoms with Crippen molar-refractivity contribution in [3.63, 3.8) is 0 Å². The van der Waals surface area contributed by atoms with Gasteiger partial charge in [0.15, 0.2) is 0 Å². The molecule has 7 heteroatoms. The molecule has 1 unspecified atom stereocenters. The molecule has 1 N–H and O–H groups in total. The fraction of sp³-hybridized carbons (Fsp3) is 0.381. The van der Waals surface area contributed by atoms with Gasteiger partial charge in [0.1, 0.15) is 5.76 Å². The number of hydrogen-bond acceptors (Lipinski definition) is 5. The van der Waals surface area contributed by atoms with Crippen LogP contribution in [0.15, 0.2) is 40.8 Å². The molecule has 28 heavy (non-hydrogen) atoms. The fourth-order valence-electron chi connectivity index (χ4n) is 3.42. The second kappa shape index (κ2) is 7.59. The number of aryl methyl sites for hydroxylation is 1. The van der Waals surface area contributed by atoms with Gasteiger partial charge in [0.2, 0.25) is 11.8 Å². The van der Waals surface area contributed by atoms with E-state index in [1.165, 1.54) is 0 Å². The van der Waals surface area contributed by atoms with Crippen LogP contribution in [0.1, 0.15) is 42.3 Å². The Morgan fingerprint density at radius 1 is 1.29 bits per heavy atom. The lowest BCUT2D eigenvalue weighted by Crippen LogP contribution is -2.39. The maximum Gasteiger partial charge on any atom is 0.229 e. The average molecular weight is 380 g/mol. The fourth-order valence-corrected chi connectivity index (χ4v) is 3.42. The van der Waals surface area contributed by atoms with Gasteiger partial charge in [-0.2, -0.15) is 5.10 Å². The Hall–Kier alpha value is -2.93. The summed E-state index contributed by atoms with van der Waals surface area (Å²) >= 11 is 0. The first-order valence-electron chi connectivity index (χ1n) is 9.59. The van der Waals surface area contributed by atoms with E-state index >= 15 is 0 Å². The lowest BCUT2D eigenvalue weighted by molar-refractivity contribution is -0.132. The number of aromatic nitrogens is 3. The van der Waals surface area contributed by atoms with E-state index in [1.54, 1.807) is 0 Å². The number of hydrogen-bond donors (Lipinski definition) is 1. The lowest BCUT2D eigenvalue weighted by Gasteiger charge is -2.27. The number of fused-ring (bicyclic) bond motifs is 1. The number of amides is 1. The van der Waals surface area contributed by atoms with E-state index in [1.807, 2.05) is 59.8 Å². The minimum absolute atomic E-state index is 0.0149. The maximum absolute atomic E-state index is 12.8. The van der Waals surface area contributed by atoms with Crippen molar-refractivity contribution in [2.45, 2.75) is 45.9 Å². The Morgan fingerprint density at radius 3 is 2.82 bits per heavy atom. The highest BCUT2D eigenvalue weighted by Crippen LogP contribution is 2.23. The van der Waals surface area contributed by atoms with Gasteiger partial charge in [0.05, 0.1) is 42.7 Å². The van der Waals surface area contributed by atoms with E-state index in [9.17, 15) is 9.90 Å². The third-order valence-corrected chi connectivity index (χ3v) is 5.13. The number of aliphatic hydroxyl groups is 1. The Balaban J connectivity index is 1.46. The van der Waals surface area contributed by atoms with Crippen LogP contribution in [-0.2, 0) is 24.3 Å². The summed E-state index contributed by atoms with van der Waals surface area (Å²) in [5.41, 5.74) is 3.19. The van der Waals surface area contributed by atoms with Crippen molar-refractivity contribution < 1.29 is 14.3 Å². The summed E-state index contributed by atoms with van der Waals surface area (Å²) < 4.78 is 7.65. The van der Waals surface area contributed by atoms with Gasteiger partial charge in [-0.25, -0.2) is 4.98 Å². The molecular formula is C21H24N4O3. The van der Waals surface area contributed by atoms with Crippen LogP contribution in [0.2, 0.25) is 0 Å². The first-order valence-corrected chi connectivity index (χ1v) is 9.59. The van der Waals surface area contributed by atoms with Crippen molar-refractivity contribution in [3.8, 4) is 11.5 Å². The van der Waals surface area contributed by atoms with Crippen molar-refractivity contribution in [2.24, 2.45) is 0 Å². The van der Waals surface area contributed by atoms with Crippen molar-refractivity contribution in [1.29, 1.82) is 0 Å². The van der Waals surface area contributed by atoms with Crippen LogP contribution in [0.5, 0.6) is 0 Å². The third kappa shape index (κ3) is 3.57. The van der Waals surface area contributed by atoms with Crippen LogP contribution in [0.4, 0.5) is 0 Å². The van der Waals surface area contributed by atoms with Gasteiger partial charge in [-0.15, -0.1) is 0 Å². The first-order chi connectivity index (χ1) is 13.5. The molecule has 1 aromatic carbocycles. The van der Waals surface area contributed by atoms with E-state index in [4.69, 9.17) is 4.42 Å². The molecule has 0 spiro atoms. The summed E-state index contributed by atoms with van der Waals surface area (Å²) in [6, 6.07) is 11.6. The lowest BCUT2D eigenvalue weighted by atomic mass is 10.2. The summed E-state index contributed by atoms with van der Waals surface area (Å²) in [6.07, 6.45) is 0.270. The van der Waals surface area contributed by atoms with Gasteiger partial charge in [0.25, 0.3) is 0 Å². The Bertz CT molecular complexity index is 977. The number of rotatable bonds is 5. The topological polar surface area (TPSA) is 84.4 Å². The van der Waals surface area contributed by atoms with E-state index in [0.29, 0.717) is 49.1 Å². The molecule has 7 nitrogen and oxygen atoms in total. The zero-order chi connectivity index (χ0) is 19.7. The van der Waals surface area contributed by atoms with Gasteiger partial charge in [-0.1, -0.05) is 25.1 Å². The normalized spacial score (nSPS) is 14.8. The van der Waals surface area contributed by atoms with Crippen LogP contribution in [0.25, 0.3) is 11.5 Å². The van der Waals surface area contributed by atoms with Crippen LogP contribution in [0.3, 0.4) is 0 Å². The van der Waals surface area contributed by atoms with E-state index < -0.39 is 6.10 Å². The van der Waals surface area contributed by atoms with Crippen molar-refractivity contribution in [2.75, 3.05) is 6.54 Å². The molecule has 0 saturated heterocycles. The minimum atomic E-state index is -0.559. The molecule has 1 aliphatic heterocycles. The van der Waals surface area contributed by atoms with Crippen LogP contribution in [0, 0.1) is 6.92 Å². The van der Waals surface area contributed by atoms with Crippen molar-refractivity contribution in [3.05, 3.63) is 59.2 Å². The van der Waals surface area contributed by atoms with Crippen LogP contribution in [-0.4, -0.2) is 37.2 Å². The summed E-state index contributed by atoms with van der Waals surface area (Å²) in [6.45, 7) is 5.47. The molecule has 1 aliphatic rings. The van der Waals surface area contributed by atoms with E-state index in [-0.39, 0.29) is 12.3 Å². The number of carbonyl (C=O) groups is 1. The highest BCUT2D eigenvalue weighted by molar-refractivity contribution is 5.78. The average Bonchev–Trinajstić information content (AvgIpc) is 3.31. The first kappa shape index (κ1) is 18.4. The van der Waals surface area contributed by atoms with Gasteiger partial charge < -0.3 is 14.4 Å². The summed E-state index contributed by atoms with van der Waals surface area (Å²) in [7, 11) is 0. The molecule has 0 aliphatic carbocycles. The largest absolute Gasteiger partial charge is 0.441 e. The Labute approximate surface area is 163 Å². The molecule has 0 bridgehead atoms. The predicted molar refractivity (Wildman–Crippen MR) is 103 cm³/mol. The molecule has 0 fully saturated rings. The van der Waals surface area contributed by atoms with Gasteiger partial charge >= 0.3 is 0 Å². The summed E-state index contributed by atoms with van der Waals surface area (Å²) in [5.74, 6) is 1.22. The SMILES string of the molecule is CCC(O)c1cc2n(n1)CCN(C(=O)Cc1nc(-c3ccccc3)oc1C)C2. The Kier molecular flexibility index (Phi) is 5.00. The standard InChI is InChI=1S/C21H24N4O3/c1-3-19(26)18-11-16-13-24(9-10-25(16)23-18)20(27)12-17-14(2)28-21(22-17)15-7-5-4-6-8-15/h4-8,11,19,26H,3,9-10,12-13H2,1-2H3. The highest BCUT2D eigenvalue weighted by atomic mass is 16.4. The monoisotopic (exact) mass is 380 g/mol. The molecule has 1 atom stereocenters. The van der Waals surface area contributed by atoms with Crippen LogP contribution < -0.4 is 0 Å². The van der Waals surface area contributed by atoms with E-state index in [2.05, 4.69) is 10.1 Å². The van der Waals surface area contributed by atoms with Gasteiger partial charge in [-0.05, 0) is 31.5 Å². The quantitative estimate of drug-likeness (QED) is 0.736.